The second-order valence-electron chi connectivity index (χ2n) is 6.57. The maximum Gasteiger partial charge on any atom is 0.280 e. The summed E-state index contributed by atoms with van der Waals surface area (Å²) in [5, 5.41) is 31.2. The Morgan fingerprint density at radius 1 is 1.29 bits per heavy atom. The van der Waals surface area contributed by atoms with E-state index in [2.05, 4.69) is 20.3 Å². The number of fused-ring (bicyclic) bond motifs is 1. The van der Waals surface area contributed by atoms with Gasteiger partial charge in [0.2, 0.25) is 5.95 Å². The minimum atomic E-state index is -1.23. The first-order valence-electron chi connectivity index (χ1n) is 9.47. The van der Waals surface area contributed by atoms with Crippen molar-refractivity contribution in [1.82, 2.24) is 19.5 Å². The van der Waals surface area contributed by atoms with Crippen LogP contribution in [0.1, 0.15) is 38.8 Å². The van der Waals surface area contributed by atoms with Crippen molar-refractivity contribution < 1.29 is 20.1 Å². The number of hydrogen-bond acceptors (Lipinski definition) is 9. The van der Waals surface area contributed by atoms with E-state index in [1.54, 1.807) is 6.92 Å². The Bertz CT molecular complexity index is 779. The molecule has 7 N–H and O–H groups in total. The number of H-pyrrole nitrogens is 1. The predicted octanol–water partition coefficient (Wildman–Crippen LogP) is -0.700. The van der Waals surface area contributed by atoms with Gasteiger partial charge in [0.25, 0.3) is 5.56 Å². The SMILES string of the molecule is CC(OC(CO)[C@H](O)CO)n1cnc2c(=O)[nH]c(NCCCCCCN)nc21. The van der Waals surface area contributed by atoms with E-state index < -0.39 is 31.6 Å². The molecule has 0 spiro atoms. The molecule has 0 aromatic carbocycles. The summed E-state index contributed by atoms with van der Waals surface area (Å²) >= 11 is 0. The molecule has 2 unspecified atom stereocenters. The molecule has 28 heavy (non-hydrogen) atoms. The molecule has 158 valence electrons. The molecular weight excluding hydrogens is 368 g/mol. The van der Waals surface area contributed by atoms with Crippen molar-refractivity contribution in [2.24, 2.45) is 5.73 Å². The fourth-order valence-corrected chi connectivity index (χ4v) is 2.80. The van der Waals surface area contributed by atoms with Crippen molar-refractivity contribution in [2.45, 2.75) is 51.0 Å². The highest BCUT2D eigenvalue weighted by atomic mass is 16.5. The van der Waals surface area contributed by atoms with Crippen LogP contribution in [-0.4, -0.2) is 73.3 Å². The standard InChI is InChI=1S/C17H30N6O5/c1-11(28-13(9-25)12(26)8-24)23-10-20-14-15(23)21-17(22-16(14)27)19-7-5-3-2-4-6-18/h10-13,24-26H,2-9,18H2,1H3,(H2,19,21,22,27)/t11?,12-,13?/m1/s1. The third-order valence-electron chi connectivity index (χ3n) is 4.42. The summed E-state index contributed by atoms with van der Waals surface area (Å²) in [5.74, 6) is 0.333. The molecule has 0 aliphatic rings. The van der Waals surface area contributed by atoms with Crippen LogP contribution in [0.4, 0.5) is 5.95 Å². The maximum atomic E-state index is 12.3. The highest BCUT2D eigenvalue weighted by molar-refractivity contribution is 5.70. The van der Waals surface area contributed by atoms with Crippen LogP contribution < -0.4 is 16.6 Å². The van der Waals surface area contributed by atoms with E-state index >= 15 is 0 Å². The Morgan fingerprint density at radius 3 is 2.71 bits per heavy atom. The van der Waals surface area contributed by atoms with Gasteiger partial charge in [-0.1, -0.05) is 12.8 Å². The predicted molar refractivity (Wildman–Crippen MR) is 104 cm³/mol. The monoisotopic (exact) mass is 398 g/mol. The molecule has 0 aliphatic heterocycles. The van der Waals surface area contributed by atoms with Crippen LogP contribution in [0.5, 0.6) is 0 Å². The van der Waals surface area contributed by atoms with E-state index in [9.17, 15) is 15.0 Å². The zero-order valence-corrected chi connectivity index (χ0v) is 16.0. The van der Waals surface area contributed by atoms with Crippen LogP contribution in [0.15, 0.2) is 11.1 Å². The van der Waals surface area contributed by atoms with Crippen LogP contribution in [0.2, 0.25) is 0 Å². The zero-order chi connectivity index (χ0) is 20.5. The zero-order valence-electron chi connectivity index (χ0n) is 16.0. The maximum absolute atomic E-state index is 12.3. The molecule has 0 fully saturated rings. The highest BCUT2D eigenvalue weighted by Gasteiger charge is 2.23. The quantitative estimate of drug-likeness (QED) is 0.239. The van der Waals surface area contributed by atoms with Crippen molar-refractivity contribution in [3.8, 4) is 0 Å². The third kappa shape index (κ3) is 5.72. The van der Waals surface area contributed by atoms with Gasteiger partial charge in [-0.2, -0.15) is 4.98 Å². The van der Waals surface area contributed by atoms with Crippen LogP contribution in [0.25, 0.3) is 11.2 Å². The largest absolute Gasteiger partial charge is 0.394 e. The average molecular weight is 398 g/mol. The number of ether oxygens (including phenoxy) is 1. The van der Waals surface area contributed by atoms with Crippen molar-refractivity contribution in [3.05, 3.63) is 16.7 Å². The molecule has 2 aromatic heterocycles. The van der Waals surface area contributed by atoms with Gasteiger partial charge in [0, 0.05) is 6.54 Å². The van der Waals surface area contributed by atoms with Crippen LogP contribution in [0.3, 0.4) is 0 Å². The first-order chi connectivity index (χ1) is 13.5. The summed E-state index contributed by atoms with van der Waals surface area (Å²) in [6, 6.07) is 0. The number of anilines is 1. The molecule has 0 aliphatic carbocycles. The summed E-state index contributed by atoms with van der Waals surface area (Å²) in [7, 11) is 0. The molecule has 0 radical (unpaired) electrons. The number of aliphatic hydroxyl groups excluding tert-OH is 3. The lowest BCUT2D eigenvalue weighted by atomic mass is 10.2. The van der Waals surface area contributed by atoms with Gasteiger partial charge in [-0.15, -0.1) is 0 Å². The van der Waals surface area contributed by atoms with Gasteiger partial charge >= 0.3 is 0 Å². The lowest BCUT2D eigenvalue weighted by molar-refractivity contribution is -0.125. The molecule has 0 saturated carbocycles. The summed E-state index contributed by atoms with van der Waals surface area (Å²) in [5.41, 5.74) is 5.57. The van der Waals surface area contributed by atoms with Gasteiger partial charge in [0.15, 0.2) is 11.2 Å². The normalized spacial score (nSPS) is 14.9. The summed E-state index contributed by atoms with van der Waals surface area (Å²) in [6.07, 6.45) is 2.55. The van der Waals surface area contributed by atoms with Crippen LogP contribution >= 0.6 is 0 Å². The third-order valence-corrected chi connectivity index (χ3v) is 4.42. The van der Waals surface area contributed by atoms with E-state index in [1.165, 1.54) is 10.9 Å². The number of nitrogens with two attached hydrogens (primary N) is 1. The Hall–Kier alpha value is -2.05. The lowest BCUT2D eigenvalue weighted by Crippen LogP contribution is -2.36. The number of imidazole rings is 1. The second-order valence-corrected chi connectivity index (χ2v) is 6.57. The number of unbranched alkanes of at least 4 members (excludes halogenated alkanes) is 3. The van der Waals surface area contributed by atoms with E-state index in [0.29, 0.717) is 24.7 Å². The molecule has 0 amide bonds. The number of aliphatic hydroxyl groups is 3. The number of aromatic amines is 1. The van der Waals surface area contributed by atoms with E-state index in [1.807, 2.05) is 0 Å². The van der Waals surface area contributed by atoms with Gasteiger partial charge in [0.1, 0.15) is 18.4 Å². The number of rotatable bonds is 13. The Kier molecular flexibility index (Phi) is 8.80. The molecule has 2 rings (SSSR count). The molecular formula is C17H30N6O5. The Balaban J connectivity index is 2.10. The van der Waals surface area contributed by atoms with Crippen molar-refractivity contribution in [2.75, 3.05) is 31.6 Å². The average Bonchev–Trinajstić information content (AvgIpc) is 3.12. The number of nitrogens with zero attached hydrogens (tertiary/aromatic N) is 3. The van der Waals surface area contributed by atoms with Gasteiger partial charge < -0.3 is 31.1 Å². The van der Waals surface area contributed by atoms with Crippen molar-refractivity contribution >= 4 is 17.1 Å². The number of nitrogens with one attached hydrogen (secondary N) is 2. The molecule has 0 bridgehead atoms. The van der Waals surface area contributed by atoms with Crippen molar-refractivity contribution in [3.63, 3.8) is 0 Å². The molecule has 11 nitrogen and oxygen atoms in total. The fourth-order valence-electron chi connectivity index (χ4n) is 2.80. The Morgan fingerprint density at radius 2 is 2.04 bits per heavy atom. The summed E-state index contributed by atoms with van der Waals surface area (Å²) in [6.45, 7) is 2.01. The molecule has 3 atom stereocenters. The molecule has 0 saturated heterocycles. The fraction of sp³-hybridized carbons (Fsp3) is 0.706. The van der Waals surface area contributed by atoms with Gasteiger partial charge in [-0.3, -0.25) is 14.3 Å². The number of hydrogen-bond donors (Lipinski definition) is 6. The molecule has 2 heterocycles. The van der Waals surface area contributed by atoms with Crippen LogP contribution in [-0.2, 0) is 4.74 Å². The highest BCUT2D eigenvalue weighted by Crippen LogP contribution is 2.18. The van der Waals surface area contributed by atoms with Crippen molar-refractivity contribution in [1.29, 1.82) is 0 Å². The van der Waals surface area contributed by atoms with Crippen LogP contribution in [0, 0.1) is 0 Å². The smallest absolute Gasteiger partial charge is 0.280 e. The minimum absolute atomic E-state index is 0.159. The first-order valence-corrected chi connectivity index (χ1v) is 9.47. The minimum Gasteiger partial charge on any atom is -0.394 e. The lowest BCUT2D eigenvalue weighted by Gasteiger charge is -2.24. The first kappa shape index (κ1) is 22.2. The summed E-state index contributed by atoms with van der Waals surface area (Å²) < 4.78 is 7.13. The van der Waals surface area contributed by atoms with Gasteiger partial charge in [-0.05, 0) is 26.3 Å². The van der Waals surface area contributed by atoms with E-state index in [0.717, 1.165) is 25.7 Å². The number of aromatic nitrogens is 4. The Labute approximate surface area is 162 Å². The van der Waals surface area contributed by atoms with E-state index in [-0.39, 0.29) is 11.1 Å². The summed E-state index contributed by atoms with van der Waals surface area (Å²) in [4.78, 5) is 23.4. The van der Waals surface area contributed by atoms with Gasteiger partial charge in [0.05, 0.1) is 19.5 Å². The van der Waals surface area contributed by atoms with Gasteiger partial charge in [-0.25, -0.2) is 4.98 Å². The topological polar surface area (TPSA) is 172 Å². The molecule has 2 aromatic rings. The second kappa shape index (κ2) is 11.1. The van der Waals surface area contributed by atoms with E-state index in [4.69, 9.17) is 15.6 Å². The molecule has 11 heteroatoms.